The van der Waals surface area contributed by atoms with E-state index in [4.69, 9.17) is 4.42 Å². The second-order valence-electron chi connectivity index (χ2n) is 6.10. The Morgan fingerprint density at radius 2 is 1.83 bits per heavy atom. The van der Waals surface area contributed by atoms with E-state index in [9.17, 15) is 0 Å². The summed E-state index contributed by atoms with van der Waals surface area (Å²) < 4.78 is 5.88. The highest BCUT2D eigenvalue weighted by Gasteiger charge is 2.12. The van der Waals surface area contributed by atoms with E-state index in [1.807, 2.05) is 24.3 Å². The van der Waals surface area contributed by atoms with Crippen LogP contribution in [0.2, 0.25) is 0 Å². The summed E-state index contributed by atoms with van der Waals surface area (Å²) in [5, 5.41) is 3.39. The topological polar surface area (TPSA) is 41.3 Å². The fourth-order valence-electron chi connectivity index (χ4n) is 3.09. The van der Waals surface area contributed by atoms with Gasteiger partial charge in [0.15, 0.2) is 11.5 Å². The van der Waals surface area contributed by atoms with Gasteiger partial charge in [0.2, 0.25) is 0 Å². The van der Waals surface area contributed by atoms with E-state index in [1.165, 1.54) is 11.1 Å². The molecule has 0 saturated carbocycles. The number of nitrogens with one attached hydrogen (secondary N) is 1. The van der Waals surface area contributed by atoms with Gasteiger partial charge in [-0.2, -0.15) is 0 Å². The maximum Gasteiger partial charge on any atom is 0.199 e. The number of oxazole rings is 1. The molecule has 1 fully saturated rings. The summed E-state index contributed by atoms with van der Waals surface area (Å²) in [6.07, 6.45) is 0.739. The van der Waals surface area contributed by atoms with E-state index in [-0.39, 0.29) is 0 Å². The molecule has 2 heterocycles. The summed E-state index contributed by atoms with van der Waals surface area (Å²) >= 11 is 0. The van der Waals surface area contributed by atoms with Crippen LogP contribution in [0.5, 0.6) is 0 Å². The quantitative estimate of drug-likeness (QED) is 0.805. The van der Waals surface area contributed by atoms with Gasteiger partial charge in [-0.15, -0.1) is 0 Å². The third-order valence-electron chi connectivity index (χ3n) is 4.31. The molecule has 0 radical (unpaired) electrons. The first-order valence-corrected chi connectivity index (χ1v) is 8.22. The lowest BCUT2D eigenvalue weighted by molar-refractivity contribution is 0.233. The van der Waals surface area contributed by atoms with Crippen molar-refractivity contribution >= 4 is 11.1 Å². The van der Waals surface area contributed by atoms with E-state index in [2.05, 4.69) is 39.5 Å². The number of benzene rings is 2. The maximum atomic E-state index is 5.88. The van der Waals surface area contributed by atoms with Gasteiger partial charge >= 0.3 is 0 Å². The lowest BCUT2D eigenvalue weighted by atomic mass is 10.1. The molecule has 0 spiro atoms. The van der Waals surface area contributed by atoms with Crippen LogP contribution in [0.1, 0.15) is 17.0 Å². The minimum absolute atomic E-state index is 0.739. The summed E-state index contributed by atoms with van der Waals surface area (Å²) in [5.74, 6) is 0.783. The van der Waals surface area contributed by atoms with Crippen LogP contribution >= 0.6 is 0 Å². The Hall–Kier alpha value is -2.17. The fraction of sp³-hybridized carbons (Fsp3) is 0.316. The van der Waals surface area contributed by atoms with Gasteiger partial charge in [-0.3, -0.25) is 4.90 Å². The molecule has 4 heteroatoms. The first-order valence-electron chi connectivity index (χ1n) is 8.22. The number of hydrogen-bond donors (Lipinski definition) is 1. The molecule has 2 aromatic carbocycles. The van der Waals surface area contributed by atoms with Crippen molar-refractivity contribution in [1.29, 1.82) is 0 Å². The first kappa shape index (κ1) is 14.4. The molecule has 1 aromatic heterocycles. The zero-order valence-electron chi connectivity index (χ0n) is 13.2. The molecule has 4 nitrogen and oxygen atoms in total. The second-order valence-corrected chi connectivity index (χ2v) is 6.10. The molecule has 23 heavy (non-hydrogen) atoms. The SMILES string of the molecule is c1ccc(Cc2nc3cc(CN4CCNCC4)ccc3o2)cc1. The molecule has 0 amide bonds. The minimum Gasteiger partial charge on any atom is -0.440 e. The third kappa shape index (κ3) is 3.44. The van der Waals surface area contributed by atoms with E-state index >= 15 is 0 Å². The van der Waals surface area contributed by atoms with Crippen molar-refractivity contribution in [2.24, 2.45) is 0 Å². The van der Waals surface area contributed by atoms with E-state index < -0.39 is 0 Å². The van der Waals surface area contributed by atoms with E-state index in [0.717, 1.165) is 56.1 Å². The minimum atomic E-state index is 0.739. The van der Waals surface area contributed by atoms with Crippen LogP contribution in [-0.2, 0) is 13.0 Å². The maximum absolute atomic E-state index is 5.88. The molecule has 1 N–H and O–H groups in total. The lowest BCUT2D eigenvalue weighted by Crippen LogP contribution is -2.42. The van der Waals surface area contributed by atoms with Gasteiger partial charge in [0.25, 0.3) is 0 Å². The lowest BCUT2D eigenvalue weighted by Gasteiger charge is -2.27. The zero-order valence-corrected chi connectivity index (χ0v) is 13.2. The third-order valence-corrected chi connectivity index (χ3v) is 4.31. The number of hydrogen-bond acceptors (Lipinski definition) is 4. The van der Waals surface area contributed by atoms with Crippen LogP contribution in [0, 0.1) is 0 Å². The predicted molar refractivity (Wildman–Crippen MR) is 91.4 cm³/mol. The number of aromatic nitrogens is 1. The van der Waals surface area contributed by atoms with Crippen molar-refractivity contribution in [2.45, 2.75) is 13.0 Å². The monoisotopic (exact) mass is 307 g/mol. The Labute approximate surface area is 136 Å². The highest BCUT2D eigenvalue weighted by molar-refractivity contribution is 5.73. The summed E-state index contributed by atoms with van der Waals surface area (Å²) in [7, 11) is 0. The Bertz CT molecular complexity index is 776. The van der Waals surface area contributed by atoms with Crippen molar-refractivity contribution in [1.82, 2.24) is 15.2 Å². The largest absolute Gasteiger partial charge is 0.440 e. The number of nitrogens with zero attached hydrogens (tertiary/aromatic N) is 2. The highest BCUT2D eigenvalue weighted by Crippen LogP contribution is 2.20. The standard InChI is InChI=1S/C19H21N3O/c1-2-4-15(5-3-1)13-19-21-17-12-16(6-7-18(17)23-19)14-22-10-8-20-9-11-22/h1-7,12,20H,8-11,13-14H2. The number of piperazine rings is 1. The molecule has 1 aliphatic heterocycles. The van der Waals surface area contributed by atoms with Gasteiger partial charge in [0.1, 0.15) is 5.52 Å². The molecule has 3 aromatic rings. The Morgan fingerprint density at radius 3 is 2.65 bits per heavy atom. The van der Waals surface area contributed by atoms with Crippen LogP contribution in [0.3, 0.4) is 0 Å². The van der Waals surface area contributed by atoms with Crippen LogP contribution in [0.25, 0.3) is 11.1 Å². The Morgan fingerprint density at radius 1 is 1.00 bits per heavy atom. The summed E-state index contributed by atoms with van der Waals surface area (Å²) in [5.41, 5.74) is 4.36. The van der Waals surface area contributed by atoms with E-state index in [0.29, 0.717) is 0 Å². The van der Waals surface area contributed by atoms with Crippen molar-refractivity contribution in [3.05, 3.63) is 65.5 Å². The number of rotatable bonds is 4. The van der Waals surface area contributed by atoms with Crippen LogP contribution in [-0.4, -0.2) is 36.1 Å². The smallest absolute Gasteiger partial charge is 0.199 e. The van der Waals surface area contributed by atoms with Gasteiger partial charge < -0.3 is 9.73 Å². The van der Waals surface area contributed by atoms with Gasteiger partial charge in [0.05, 0.1) is 0 Å². The fourth-order valence-corrected chi connectivity index (χ4v) is 3.09. The molecule has 1 saturated heterocycles. The average molecular weight is 307 g/mol. The molecular weight excluding hydrogens is 286 g/mol. The van der Waals surface area contributed by atoms with Gasteiger partial charge in [-0.25, -0.2) is 4.98 Å². The van der Waals surface area contributed by atoms with E-state index in [1.54, 1.807) is 0 Å². The average Bonchev–Trinajstić information content (AvgIpc) is 2.98. The second kappa shape index (κ2) is 6.52. The van der Waals surface area contributed by atoms with Gasteiger partial charge in [-0.05, 0) is 23.3 Å². The van der Waals surface area contributed by atoms with Crippen molar-refractivity contribution in [3.8, 4) is 0 Å². The van der Waals surface area contributed by atoms with Crippen LogP contribution in [0.4, 0.5) is 0 Å². The molecule has 0 atom stereocenters. The van der Waals surface area contributed by atoms with Crippen molar-refractivity contribution < 1.29 is 4.42 Å². The first-order chi connectivity index (χ1) is 11.4. The van der Waals surface area contributed by atoms with Crippen LogP contribution < -0.4 is 5.32 Å². The zero-order chi connectivity index (χ0) is 15.5. The highest BCUT2D eigenvalue weighted by atomic mass is 16.3. The summed E-state index contributed by atoms with van der Waals surface area (Å²) in [6, 6.07) is 16.7. The molecule has 0 unspecified atom stereocenters. The Kier molecular flexibility index (Phi) is 4.09. The molecule has 1 aliphatic rings. The van der Waals surface area contributed by atoms with Crippen molar-refractivity contribution in [3.63, 3.8) is 0 Å². The van der Waals surface area contributed by atoms with Crippen molar-refractivity contribution in [2.75, 3.05) is 26.2 Å². The molecule has 118 valence electrons. The van der Waals surface area contributed by atoms with Gasteiger partial charge in [0, 0.05) is 39.1 Å². The van der Waals surface area contributed by atoms with Crippen LogP contribution in [0.15, 0.2) is 52.9 Å². The molecule has 0 aliphatic carbocycles. The normalized spacial score (nSPS) is 16.0. The predicted octanol–water partition coefficient (Wildman–Crippen LogP) is 2.82. The molecule has 0 bridgehead atoms. The molecule has 4 rings (SSSR count). The Balaban J connectivity index is 1.52. The summed E-state index contributed by atoms with van der Waals surface area (Å²) in [4.78, 5) is 7.14. The van der Waals surface area contributed by atoms with Gasteiger partial charge in [-0.1, -0.05) is 36.4 Å². The number of fused-ring (bicyclic) bond motifs is 1. The summed E-state index contributed by atoms with van der Waals surface area (Å²) in [6.45, 7) is 5.35. The molecular formula is C19H21N3O.